The highest BCUT2D eigenvalue weighted by Gasteiger charge is 2.23. The van der Waals surface area contributed by atoms with Crippen LogP contribution in [0.1, 0.15) is 47.1 Å². The molecule has 1 saturated heterocycles. The average Bonchev–Trinajstić information content (AvgIpc) is 2.73. The first-order valence-electron chi connectivity index (χ1n) is 11.1. The Balaban J connectivity index is 1.66. The molecule has 2 amide bonds. The molecule has 3 rings (SSSR count). The van der Waals surface area contributed by atoms with E-state index >= 15 is 0 Å². The van der Waals surface area contributed by atoms with E-state index in [4.69, 9.17) is 0 Å². The van der Waals surface area contributed by atoms with Gasteiger partial charge in [0, 0.05) is 43.0 Å². The molecule has 1 aliphatic heterocycles. The third kappa shape index (κ3) is 6.55. The number of amides is 2. The summed E-state index contributed by atoms with van der Waals surface area (Å²) in [7, 11) is 0. The summed E-state index contributed by atoms with van der Waals surface area (Å²) in [6.07, 6.45) is 0. The Kier molecular flexibility index (Phi) is 7.38. The minimum absolute atomic E-state index is 0.00198. The standard InChI is InChI=1S/C25H32N4O4/c1-17-7-5-6-8-19(17)23(31)26-21-10-9-18(15-20(21)24(32)33)29-13-11-28(12-14-29)16-22(30)27-25(2,3)4/h5-10,15H,11-14,16H2,1-4H3,(H,26,31)(H,27,30)(H,32,33). The van der Waals surface area contributed by atoms with Crippen molar-refractivity contribution in [2.45, 2.75) is 33.2 Å². The van der Waals surface area contributed by atoms with Gasteiger partial charge in [-0.25, -0.2) is 4.79 Å². The summed E-state index contributed by atoms with van der Waals surface area (Å²) >= 11 is 0. The van der Waals surface area contributed by atoms with Crippen LogP contribution in [-0.2, 0) is 4.79 Å². The van der Waals surface area contributed by atoms with Crippen LogP contribution in [-0.4, -0.2) is 66.1 Å². The van der Waals surface area contributed by atoms with Crippen LogP contribution in [0.25, 0.3) is 0 Å². The summed E-state index contributed by atoms with van der Waals surface area (Å²) in [5, 5.41) is 15.4. The molecule has 1 aliphatic rings. The molecule has 33 heavy (non-hydrogen) atoms. The van der Waals surface area contributed by atoms with E-state index in [0.717, 1.165) is 11.3 Å². The molecule has 0 saturated carbocycles. The number of piperazine rings is 1. The maximum atomic E-state index is 12.7. The first-order chi connectivity index (χ1) is 15.5. The molecule has 176 valence electrons. The fourth-order valence-corrected chi connectivity index (χ4v) is 3.86. The van der Waals surface area contributed by atoms with E-state index < -0.39 is 5.97 Å². The first-order valence-corrected chi connectivity index (χ1v) is 11.1. The van der Waals surface area contributed by atoms with E-state index in [1.165, 1.54) is 0 Å². The van der Waals surface area contributed by atoms with Gasteiger partial charge >= 0.3 is 5.97 Å². The zero-order valence-corrected chi connectivity index (χ0v) is 19.6. The third-order valence-electron chi connectivity index (χ3n) is 5.49. The first kappa shape index (κ1) is 24.3. The summed E-state index contributed by atoms with van der Waals surface area (Å²) < 4.78 is 0. The number of carboxylic acids is 1. The number of nitrogens with one attached hydrogen (secondary N) is 2. The van der Waals surface area contributed by atoms with E-state index in [2.05, 4.69) is 20.4 Å². The molecule has 8 heteroatoms. The largest absolute Gasteiger partial charge is 0.478 e. The number of carbonyl (C=O) groups is 3. The zero-order chi connectivity index (χ0) is 24.2. The second kappa shape index (κ2) is 10.0. The lowest BCUT2D eigenvalue weighted by atomic mass is 10.1. The molecular weight excluding hydrogens is 420 g/mol. The highest BCUT2D eigenvalue weighted by molar-refractivity contribution is 6.08. The molecule has 8 nitrogen and oxygen atoms in total. The van der Waals surface area contributed by atoms with E-state index in [-0.39, 0.29) is 28.6 Å². The number of hydrogen-bond acceptors (Lipinski definition) is 5. The number of carbonyl (C=O) groups excluding carboxylic acids is 2. The average molecular weight is 453 g/mol. The van der Waals surface area contributed by atoms with Crippen LogP contribution >= 0.6 is 0 Å². The van der Waals surface area contributed by atoms with Crippen molar-refractivity contribution in [1.29, 1.82) is 0 Å². The summed E-state index contributed by atoms with van der Waals surface area (Å²) in [6.45, 7) is 10.8. The smallest absolute Gasteiger partial charge is 0.337 e. The predicted molar refractivity (Wildman–Crippen MR) is 129 cm³/mol. The summed E-state index contributed by atoms with van der Waals surface area (Å²) in [4.78, 5) is 40.9. The molecule has 1 fully saturated rings. The van der Waals surface area contributed by atoms with E-state index in [1.807, 2.05) is 45.9 Å². The summed E-state index contributed by atoms with van der Waals surface area (Å²) in [6, 6.07) is 12.2. The number of hydrogen-bond donors (Lipinski definition) is 3. The highest BCUT2D eigenvalue weighted by atomic mass is 16.4. The predicted octanol–water partition coefficient (Wildman–Crippen LogP) is 2.98. The number of carboxylic acid groups (broad SMARTS) is 1. The Morgan fingerprint density at radius 1 is 0.970 bits per heavy atom. The minimum atomic E-state index is -1.10. The van der Waals surface area contributed by atoms with Crippen LogP contribution in [0.2, 0.25) is 0 Å². The van der Waals surface area contributed by atoms with Gasteiger partial charge in [0.25, 0.3) is 5.91 Å². The normalized spacial score (nSPS) is 14.6. The van der Waals surface area contributed by atoms with Gasteiger partial charge in [-0.2, -0.15) is 0 Å². The van der Waals surface area contributed by atoms with Crippen LogP contribution in [0, 0.1) is 6.92 Å². The second-order valence-corrected chi connectivity index (χ2v) is 9.37. The number of rotatable bonds is 6. The van der Waals surface area contributed by atoms with Gasteiger partial charge in [-0.3, -0.25) is 14.5 Å². The van der Waals surface area contributed by atoms with Gasteiger partial charge in [0.05, 0.1) is 17.8 Å². The van der Waals surface area contributed by atoms with Crippen LogP contribution < -0.4 is 15.5 Å². The monoisotopic (exact) mass is 452 g/mol. The lowest BCUT2D eigenvalue weighted by Gasteiger charge is -2.36. The molecule has 0 spiro atoms. The Hall–Kier alpha value is -3.39. The zero-order valence-electron chi connectivity index (χ0n) is 19.6. The van der Waals surface area contributed by atoms with Crippen molar-refractivity contribution in [2.24, 2.45) is 0 Å². The summed E-state index contributed by atoms with van der Waals surface area (Å²) in [5.74, 6) is -1.45. The number of aromatic carboxylic acids is 1. The fraction of sp³-hybridized carbons (Fsp3) is 0.400. The van der Waals surface area contributed by atoms with Crippen molar-refractivity contribution in [3.63, 3.8) is 0 Å². The van der Waals surface area contributed by atoms with Crippen molar-refractivity contribution in [3.05, 3.63) is 59.2 Å². The Labute approximate surface area is 194 Å². The van der Waals surface area contributed by atoms with Crippen molar-refractivity contribution >= 4 is 29.2 Å². The van der Waals surface area contributed by atoms with Crippen molar-refractivity contribution in [1.82, 2.24) is 10.2 Å². The Morgan fingerprint density at radius 3 is 2.24 bits per heavy atom. The molecule has 0 radical (unpaired) electrons. The molecule has 0 atom stereocenters. The second-order valence-electron chi connectivity index (χ2n) is 9.37. The lowest BCUT2D eigenvalue weighted by molar-refractivity contribution is -0.123. The quantitative estimate of drug-likeness (QED) is 0.623. The minimum Gasteiger partial charge on any atom is -0.478 e. The number of benzene rings is 2. The maximum absolute atomic E-state index is 12.7. The maximum Gasteiger partial charge on any atom is 0.337 e. The molecule has 3 N–H and O–H groups in total. The van der Waals surface area contributed by atoms with Crippen molar-refractivity contribution in [3.8, 4) is 0 Å². The highest BCUT2D eigenvalue weighted by Crippen LogP contribution is 2.25. The molecule has 2 aromatic rings. The van der Waals surface area contributed by atoms with Crippen molar-refractivity contribution in [2.75, 3.05) is 42.9 Å². The lowest BCUT2D eigenvalue weighted by Crippen LogP contribution is -2.51. The van der Waals surface area contributed by atoms with Crippen molar-refractivity contribution < 1.29 is 19.5 Å². The number of nitrogens with zero attached hydrogens (tertiary/aromatic N) is 2. The molecule has 0 aromatic heterocycles. The topological polar surface area (TPSA) is 102 Å². The van der Waals surface area contributed by atoms with Gasteiger partial charge in [-0.15, -0.1) is 0 Å². The van der Waals surface area contributed by atoms with E-state index in [1.54, 1.807) is 24.3 Å². The summed E-state index contributed by atoms with van der Waals surface area (Å²) in [5.41, 5.74) is 2.14. The fourth-order valence-electron chi connectivity index (χ4n) is 3.86. The SMILES string of the molecule is Cc1ccccc1C(=O)Nc1ccc(N2CCN(CC(=O)NC(C)(C)C)CC2)cc1C(=O)O. The van der Waals surface area contributed by atoms with E-state index in [9.17, 15) is 19.5 Å². The molecule has 1 heterocycles. The van der Waals surface area contributed by atoms with Crippen LogP contribution in [0.3, 0.4) is 0 Å². The Morgan fingerprint density at radius 2 is 1.64 bits per heavy atom. The molecule has 0 unspecified atom stereocenters. The van der Waals surface area contributed by atoms with Crippen LogP contribution in [0.5, 0.6) is 0 Å². The molecular formula is C25H32N4O4. The van der Waals surface area contributed by atoms with Gasteiger partial charge in [0.1, 0.15) is 0 Å². The molecule has 0 bridgehead atoms. The van der Waals surface area contributed by atoms with Gasteiger partial charge in [-0.05, 0) is 57.5 Å². The van der Waals surface area contributed by atoms with Gasteiger partial charge in [-0.1, -0.05) is 18.2 Å². The molecule has 0 aliphatic carbocycles. The van der Waals surface area contributed by atoms with Gasteiger partial charge in [0.2, 0.25) is 5.91 Å². The van der Waals surface area contributed by atoms with Crippen LogP contribution in [0.15, 0.2) is 42.5 Å². The van der Waals surface area contributed by atoms with Gasteiger partial charge in [0.15, 0.2) is 0 Å². The Bertz CT molecular complexity index is 1040. The van der Waals surface area contributed by atoms with E-state index in [0.29, 0.717) is 38.3 Å². The molecule has 2 aromatic carbocycles. The van der Waals surface area contributed by atoms with Crippen LogP contribution in [0.4, 0.5) is 11.4 Å². The number of aryl methyl sites for hydroxylation is 1. The van der Waals surface area contributed by atoms with Gasteiger partial charge < -0.3 is 20.6 Å². The third-order valence-corrected chi connectivity index (χ3v) is 5.49. The number of anilines is 2.